The van der Waals surface area contributed by atoms with Crippen molar-refractivity contribution < 1.29 is 13.5 Å². The highest BCUT2D eigenvalue weighted by Crippen LogP contribution is 2.19. The lowest BCUT2D eigenvalue weighted by molar-refractivity contribution is -0.0500. The van der Waals surface area contributed by atoms with E-state index in [1.165, 1.54) is 6.07 Å². The largest absolute Gasteiger partial charge is 0.434 e. The molecule has 0 unspecified atom stereocenters. The molecule has 90 valence electrons. The lowest BCUT2D eigenvalue weighted by Gasteiger charge is -2.05. The Morgan fingerprint density at radius 3 is 2.22 bits per heavy atom. The molecule has 0 bridgehead atoms. The number of ether oxygens (including phenoxy) is 1. The molecule has 0 saturated heterocycles. The zero-order valence-electron chi connectivity index (χ0n) is 9.44. The molecule has 0 aliphatic carbocycles. The Morgan fingerprint density at radius 1 is 0.833 bits per heavy atom. The quantitative estimate of drug-likeness (QED) is 0.732. The molecule has 0 atom stereocenters. The van der Waals surface area contributed by atoms with Crippen LogP contribution in [0.25, 0.3) is 0 Å². The van der Waals surface area contributed by atoms with Gasteiger partial charge in [-0.1, -0.05) is 42.2 Å². The Balaban J connectivity index is 2.27. The van der Waals surface area contributed by atoms with E-state index in [9.17, 15) is 8.78 Å². The van der Waals surface area contributed by atoms with E-state index in [1.54, 1.807) is 18.2 Å². The predicted octanol–water partition coefficient (Wildman–Crippen LogP) is 3.69. The third kappa shape index (κ3) is 3.33. The molecule has 2 rings (SSSR count). The number of alkyl halides is 2. The van der Waals surface area contributed by atoms with Gasteiger partial charge < -0.3 is 4.74 Å². The number of hydrogen-bond donors (Lipinski definition) is 0. The number of para-hydroxylation sites is 1. The van der Waals surface area contributed by atoms with Crippen LogP contribution < -0.4 is 4.74 Å². The minimum Gasteiger partial charge on any atom is -0.434 e. The summed E-state index contributed by atoms with van der Waals surface area (Å²) in [5.41, 5.74) is 1.27. The van der Waals surface area contributed by atoms with Crippen molar-refractivity contribution in [3.05, 3.63) is 65.7 Å². The van der Waals surface area contributed by atoms with Crippen LogP contribution in [-0.2, 0) is 0 Å². The first-order valence-electron chi connectivity index (χ1n) is 5.36. The van der Waals surface area contributed by atoms with Gasteiger partial charge in [0.25, 0.3) is 0 Å². The monoisotopic (exact) mass is 244 g/mol. The van der Waals surface area contributed by atoms with Crippen LogP contribution in [0, 0.1) is 11.8 Å². The fraction of sp³-hybridized carbons (Fsp3) is 0.0667. The molecule has 18 heavy (non-hydrogen) atoms. The van der Waals surface area contributed by atoms with Gasteiger partial charge in [-0.25, -0.2) is 0 Å². The van der Waals surface area contributed by atoms with Crippen molar-refractivity contribution in [1.82, 2.24) is 0 Å². The molecule has 0 aromatic heterocycles. The summed E-state index contributed by atoms with van der Waals surface area (Å²) >= 11 is 0. The average Bonchev–Trinajstić information content (AvgIpc) is 2.38. The molecule has 3 heteroatoms. The molecule has 0 spiro atoms. The van der Waals surface area contributed by atoms with Crippen molar-refractivity contribution in [2.24, 2.45) is 0 Å². The van der Waals surface area contributed by atoms with Crippen LogP contribution >= 0.6 is 0 Å². The van der Waals surface area contributed by atoms with Crippen molar-refractivity contribution >= 4 is 0 Å². The van der Waals surface area contributed by atoms with Crippen molar-refractivity contribution in [1.29, 1.82) is 0 Å². The van der Waals surface area contributed by atoms with E-state index in [0.717, 1.165) is 5.56 Å². The smallest absolute Gasteiger partial charge is 0.387 e. The summed E-state index contributed by atoms with van der Waals surface area (Å²) in [7, 11) is 0. The summed E-state index contributed by atoms with van der Waals surface area (Å²) in [6.45, 7) is -2.84. The first-order chi connectivity index (χ1) is 8.75. The topological polar surface area (TPSA) is 9.23 Å². The van der Waals surface area contributed by atoms with Gasteiger partial charge in [0.15, 0.2) is 0 Å². The summed E-state index contributed by atoms with van der Waals surface area (Å²) < 4.78 is 28.8. The second-order valence-corrected chi connectivity index (χ2v) is 3.49. The van der Waals surface area contributed by atoms with Crippen LogP contribution in [0.1, 0.15) is 11.1 Å². The summed E-state index contributed by atoms with van der Waals surface area (Å²) in [5, 5.41) is 0. The molecular weight excluding hydrogens is 234 g/mol. The van der Waals surface area contributed by atoms with Crippen molar-refractivity contribution in [3.63, 3.8) is 0 Å². The fourth-order valence-electron chi connectivity index (χ4n) is 1.43. The standard InChI is InChI=1S/C15H10F2O/c16-15(17)18-14-9-5-4-8-13(14)11-10-12-6-2-1-3-7-12/h1-9,15H. The van der Waals surface area contributed by atoms with Gasteiger partial charge in [0.1, 0.15) is 5.75 Å². The third-order valence-electron chi connectivity index (χ3n) is 2.22. The average molecular weight is 244 g/mol. The molecule has 2 aromatic carbocycles. The van der Waals surface area contributed by atoms with Crippen molar-refractivity contribution in [3.8, 4) is 17.6 Å². The van der Waals surface area contributed by atoms with E-state index in [4.69, 9.17) is 0 Å². The first-order valence-corrected chi connectivity index (χ1v) is 5.36. The second-order valence-electron chi connectivity index (χ2n) is 3.49. The van der Waals surface area contributed by atoms with E-state index in [2.05, 4.69) is 16.6 Å². The SMILES string of the molecule is FC(F)Oc1ccccc1C#Cc1ccccc1. The maximum absolute atomic E-state index is 12.2. The number of hydrogen-bond acceptors (Lipinski definition) is 1. The van der Waals surface area contributed by atoms with Gasteiger partial charge in [-0.2, -0.15) is 8.78 Å². The Labute approximate surface area is 104 Å². The Kier molecular flexibility index (Phi) is 3.93. The Hall–Kier alpha value is -2.34. The van der Waals surface area contributed by atoms with E-state index < -0.39 is 6.61 Å². The van der Waals surface area contributed by atoms with Crippen LogP contribution in [0.15, 0.2) is 54.6 Å². The van der Waals surface area contributed by atoms with E-state index >= 15 is 0 Å². The third-order valence-corrected chi connectivity index (χ3v) is 2.22. The maximum atomic E-state index is 12.2. The van der Waals surface area contributed by atoms with Gasteiger partial charge in [0.05, 0.1) is 5.56 Å². The van der Waals surface area contributed by atoms with E-state index in [1.807, 2.05) is 30.3 Å². The normalized spacial score (nSPS) is 9.72. The predicted molar refractivity (Wildman–Crippen MR) is 65.5 cm³/mol. The molecule has 0 N–H and O–H groups in total. The Morgan fingerprint density at radius 2 is 1.50 bits per heavy atom. The first kappa shape index (κ1) is 12.1. The van der Waals surface area contributed by atoms with Gasteiger partial charge in [-0.3, -0.25) is 0 Å². The van der Waals surface area contributed by atoms with Crippen LogP contribution in [0.2, 0.25) is 0 Å². The lowest BCUT2D eigenvalue weighted by Crippen LogP contribution is -2.03. The summed E-state index contributed by atoms with van der Waals surface area (Å²) in [6.07, 6.45) is 0. The van der Waals surface area contributed by atoms with Gasteiger partial charge in [-0.15, -0.1) is 0 Å². The highest BCUT2D eigenvalue weighted by atomic mass is 19.3. The summed E-state index contributed by atoms with van der Waals surface area (Å²) in [6, 6.07) is 15.8. The minimum absolute atomic E-state index is 0.0935. The van der Waals surface area contributed by atoms with Gasteiger partial charge >= 0.3 is 6.61 Å². The maximum Gasteiger partial charge on any atom is 0.387 e. The van der Waals surface area contributed by atoms with E-state index in [0.29, 0.717) is 5.56 Å². The van der Waals surface area contributed by atoms with Gasteiger partial charge in [-0.05, 0) is 24.3 Å². The molecule has 0 fully saturated rings. The fourth-order valence-corrected chi connectivity index (χ4v) is 1.43. The van der Waals surface area contributed by atoms with Crippen LogP contribution in [0.5, 0.6) is 5.75 Å². The molecule has 0 aliphatic heterocycles. The summed E-state index contributed by atoms with van der Waals surface area (Å²) in [4.78, 5) is 0. The van der Waals surface area contributed by atoms with Crippen molar-refractivity contribution in [2.45, 2.75) is 6.61 Å². The van der Waals surface area contributed by atoms with Crippen LogP contribution in [-0.4, -0.2) is 6.61 Å². The number of halogens is 2. The minimum atomic E-state index is -2.84. The highest BCUT2D eigenvalue weighted by molar-refractivity contribution is 5.49. The summed E-state index contributed by atoms with van der Waals surface area (Å²) in [5.74, 6) is 5.82. The highest BCUT2D eigenvalue weighted by Gasteiger charge is 2.06. The molecule has 0 saturated carbocycles. The molecule has 0 aliphatic rings. The van der Waals surface area contributed by atoms with Gasteiger partial charge in [0.2, 0.25) is 0 Å². The molecule has 0 heterocycles. The van der Waals surface area contributed by atoms with Crippen molar-refractivity contribution in [2.75, 3.05) is 0 Å². The molecule has 2 aromatic rings. The zero-order chi connectivity index (χ0) is 12.8. The molecule has 0 radical (unpaired) electrons. The second kappa shape index (κ2) is 5.83. The number of rotatable bonds is 2. The molecular formula is C15H10F2O. The van der Waals surface area contributed by atoms with Crippen LogP contribution in [0.3, 0.4) is 0 Å². The number of benzene rings is 2. The Bertz CT molecular complexity index is 568. The zero-order valence-corrected chi connectivity index (χ0v) is 9.44. The van der Waals surface area contributed by atoms with Crippen LogP contribution in [0.4, 0.5) is 8.78 Å². The lowest BCUT2D eigenvalue weighted by atomic mass is 10.1. The van der Waals surface area contributed by atoms with Gasteiger partial charge in [0, 0.05) is 5.56 Å². The molecule has 0 amide bonds. The van der Waals surface area contributed by atoms with E-state index in [-0.39, 0.29) is 5.75 Å². The molecule has 1 nitrogen and oxygen atoms in total.